The van der Waals surface area contributed by atoms with Gasteiger partial charge >= 0.3 is 0 Å². The van der Waals surface area contributed by atoms with E-state index in [4.69, 9.17) is 4.74 Å². The summed E-state index contributed by atoms with van der Waals surface area (Å²) in [6.07, 6.45) is 1.28. The first-order valence-electron chi connectivity index (χ1n) is 3.97. The molecule has 74 valence electrons. The van der Waals surface area contributed by atoms with Gasteiger partial charge in [0.25, 0.3) is 0 Å². The molecule has 1 aromatic carbocycles. The van der Waals surface area contributed by atoms with Gasteiger partial charge in [-0.15, -0.1) is 0 Å². The zero-order chi connectivity index (χ0) is 10.1. The summed E-state index contributed by atoms with van der Waals surface area (Å²) in [5.41, 5.74) is 0.340. The van der Waals surface area contributed by atoms with Crippen molar-refractivity contribution in [3.8, 4) is 0 Å². The van der Waals surface area contributed by atoms with Crippen LogP contribution in [0.25, 0.3) is 0 Å². The molecule has 1 aliphatic rings. The Bertz CT molecular complexity index is 395. The largest absolute Gasteiger partial charge is 0.481 e. The summed E-state index contributed by atoms with van der Waals surface area (Å²) in [5, 5.41) is 0. The second-order valence-electron chi connectivity index (χ2n) is 2.87. The fourth-order valence-corrected chi connectivity index (χ4v) is 1.62. The number of rotatable bonds is 1. The van der Waals surface area contributed by atoms with Gasteiger partial charge in [-0.3, -0.25) is 0 Å². The topological polar surface area (TPSA) is 21.6 Å². The minimum Gasteiger partial charge on any atom is -0.481 e. The van der Waals surface area contributed by atoms with E-state index in [9.17, 15) is 8.78 Å². The van der Waals surface area contributed by atoms with Crippen molar-refractivity contribution in [3.05, 3.63) is 33.8 Å². The summed E-state index contributed by atoms with van der Waals surface area (Å²) >= 11 is 2.83. The van der Waals surface area contributed by atoms with Gasteiger partial charge in [0.05, 0.1) is 4.47 Å². The molecule has 0 bridgehead atoms. The standard InChI is InChI=1S/C9H6BrF2NO/c10-8-6(11)2-1-5(9(8)12)7-3-14-4-13-7/h1-2,4,7H,3H2. The van der Waals surface area contributed by atoms with Crippen molar-refractivity contribution in [2.75, 3.05) is 6.61 Å². The van der Waals surface area contributed by atoms with Crippen LogP contribution in [0.15, 0.2) is 21.6 Å². The van der Waals surface area contributed by atoms with Crippen LogP contribution >= 0.6 is 15.9 Å². The van der Waals surface area contributed by atoms with Crippen molar-refractivity contribution < 1.29 is 13.5 Å². The lowest BCUT2D eigenvalue weighted by Crippen LogP contribution is -2.02. The lowest BCUT2D eigenvalue weighted by Gasteiger charge is -2.08. The normalized spacial score (nSPS) is 19.8. The minimum atomic E-state index is -0.617. The van der Waals surface area contributed by atoms with E-state index in [2.05, 4.69) is 20.9 Å². The lowest BCUT2D eigenvalue weighted by atomic mass is 10.1. The van der Waals surface area contributed by atoms with E-state index < -0.39 is 11.6 Å². The van der Waals surface area contributed by atoms with Crippen LogP contribution in [0.5, 0.6) is 0 Å². The highest BCUT2D eigenvalue weighted by molar-refractivity contribution is 9.10. The molecule has 0 aromatic heterocycles. The van der Waals surface area contributed by atoms with Crippen molar-refractivity contribution >= 4 is 22.3 Å². The first-order valence-corrected chi connectivity index (χ1v) is 4.76. The second kappa shape index (κ2) is 3.65. The van der Waals surface area contributed by atoms with Crippen LogP contribution in [0.1, 0.15) is 11.6 Å². The smallest absolute Gasteiger partial charge is 0.170 e. The van der Waals surface area contributed by atoms with Crippen LogP contribution in [0, 0.1) is 11.6 Å². The third kappa shape index (κ3) is 1.52. The quantitative estimate of drug-likeness (QED) is 0.713. The molecule has 0 aliphatic carbocycles. The Labute approximate surface area is 87.7 Å². The highest BCUT2D eigenvalue weighted by Crippen LogP contribution is 2.29. The number of benzene rings is 1. The van der Waals surface area contributed by atoms with Crippen LogP contribution in [0.2, 0.25) is 0 Å². The van der Waals surface area contributed by atoms with E-state index in [0.717, 1.165) is 0 Å². The molecule has 0 N–H and O–H groups in total. The number of hydrogen-bond donors (Lipinski definition) is 0. The monoisotopic (exact) mass is 261 g/mol. The highest BCUT2D eigenvalue weighted by atomic mass is 79.9. The van der Waals surface area contributed by atoms with Gasteiger partial charge in [0.1, 0.15) is 24.3 Å². The average molecular weight is 262 g/mol. The number of hydrogen-bond acceptors (Lipinski definition) is 2. The first-order chi connectivity index (χ1) is 6.70. The molecule has 0 saturated carbocycles. The summed E-state index contributed by atoms with van der Waals surface area (Å²) in [4.78, 5) is 3.91. The lowest BCUT2D eigenvalue weighted by molar-refractivity contribution is 0.327. The van der Waals surface area contributed by atoms with E-state index in [0.29, 0.717) is 12.2 Å². The van der Waals surface area contributed by atoms with Crippen molar-refractivity contribution in [2.45, 2.75) is 6.04 Å². The predicted octanol–water partition coefficient (Wildman–Crippen LogP) is 2.83. The molecule has 1 aromatic rings. The summed E-state index contributed by atoms with van der Waals surface area (Å²) in [6.45, 7) is 0.301. The SMILES string of the molecule is Fc1ccc(C2COC=N2)c(F)c1Br. The van der Waals surface area contributed by atoms with E-state index in [1.165, 1.54) is 18.5 Å². The van der Waals surface area contributed by atoms with Gasteiger partial charge in [-0.25, -0.2) is 13.8 Å². The van der Waals surface area contributed by atoms with E-state index in [1.807, 2.05) is 0 Å². The maximum absolute atomic E-state index is 13.5. The maximum Gasteiger partial charge on any atom is 0.170 e. The first kappa shape index (κ1) is 9.58. The maximum atomic E-state index is 13.5. The van der Waals surface area contributed by atoms with Crippen LogP contribution in [-0.2, 0) is 4.74 Å². The van der Waals surface area contributed by atoms with Gasteiger partial charge in [-0.1, -0.05) is 6.07 Å². The van der Waals surface area contributed by atoms with Crippen molar-refractivity contribution in [1.29, 1.82) is 0 Å². The molecule has 14 heavy (non-hydrogen) atoms. The summed E-state index contributed by atoms with van der Waals surface area (Å²) in [7, 11) is 0. The third-order valence-corrected chi connectivity index (χ3v) is 2.72. The van der Waals surface area contributed by atoms with Crippen molar-refractivity contribution in [1.82, 2.24) is 0 Å². The Morgan fingerprint density at radius 3 is 2.86 bits per heavy atom. The number of aliphatic imine (C=N–C) groups is 1. The zero-order valence-electron chi connectivity index (χ0n) is 7.01. The summed E-state index contributed by atoms with van der Waals surface area (Å²) < 4.78 is 31.1. The summed E-state index contributed by atoms with van der Waals surface area (Å²) in [5.74, 6) is -1.23. The molecule has 0 spiro atoms. The molecular formula is C9H6BrF2NO. The Kier molecular flexibility index (Phi) is 2.50. The molecule has 0 saturated heterocycles. The molecule has 5 heteroatoms. The Morgan fingerprint density at radius 1 is 1.43 bits per heavy atom. The van der Waals surface area contributed by atoms with Crippen LogP contribution in [0.3, 0.4) is 0 Å². The van der Waals surface area contributed by atoms with E-state index >= 15 is 0 Å². The zero-order valence-corrected chi connectivity index (χ0v) is 8.59. The third-order valence-electron chi connectivity index (χ3n) is 1.99. The Balaban J connectivity index is 2.43. The number of halogens is 3. The van der Waals surface area contributed by atoms with Gasteiger partial charge in [-0.05, 0) is 22.0 Å². The van der Waals surface area contributed by atoms with Gasteiger partial charge in [-0.2, -0.15) is 0 Å². The molecule has 1 atom stereocenters. The van der Waals surface area contributed by atoms with E-state index in [1.54, 1.807) is 0 Å². The highest BCUT2D eigenvalue weighted by Gasteiger charge is 2.21. The van der Waals surface area contributed by atoms with Gasteiger partial charge in [0, 0.05) is 5.56 Å². The van der Waals surface area contributed by atoms with E-state index in [-0.39, 0.29) is 10.5 Å². The molecule has 2 rings (SSSR count). The molecule has 0 amide bonds. The van der Waals surface area contributed by atoms with Crippen LogP contribution < -0.4 is 0 Å². The van der Waals surface area contributed by atoms with Crippen LogP contribution in [0.4, 0.5) is 8.78 Å². The molecule has 1 heterocycles. The summed E-state index contributed by atoms with van der Waals surface area (Å²) in [6, 6.07) is 2.22. The van der Waals surface area contributed by atoms with Crippen molar-refractivity contribution in [2.24, 2.45) is 4.99 Å². The average Bonchev–Trinajstić information content (AvgIpc) is 2.67. The molecule has 0 radical (unpaired) electrons. The Morgan fingerprint density at radius 2 is 2.21 bits per heavy atom. The fourth-order valence-electron chi connectivity index (χ4n) is 1.26. The molecule has 1 aliphatic heterocycles. The van der Waals surface area contributed by atoms with Gasteiger partial charge in [0.2, 0.25) is 0 Å². The fraction of sp³-hybridized carbons (Fsp3) is 0.222. The number of ether oxygens (including phenoxy) is 1. The molecule has 1 unspecified atom stereocenters. The van der Waals surface area contributed by atoms with Crippen molar-refractivity contribution in [3.63, 3.8) is 0 Å². The minimum absolute atomic E-state index is 0.155. The van der Waals surface area contributed by atoms with Crippen LogP contribution in [-0.4, -0.2) is 13.0 Å². The second-order valence-corrected chi connectivity index (χ2v) is 3.66. The molecule has 2 nitrogen and oxygen atoms in total. The van der Waals surface area contributed by atoms with Gasteiger partial charge in [0.15, 0.2) is 6.40 Å². The Hall–Kier alpha value is -0.970. The van der Waals surface area contributed by atoms with Gasteiger partial charge < -0.3 is 4.74 Å². The molecule has 0 fully saturated rings. The predicted molar refractivity (Wildman–Crippen MR) is 51.2 cm³/mol. The molecular weight excluding hydrogens is 256 g/mol. The number of nitrogens with zero attached hydrogens (tertiary/aromatic N) is 1.